The van der Waals surface area contributed by atoms with Gasteiger partial charge in [0.25, 0.3) is 0 Å². The van der Waals surface area contributed by atoms with Gasteiger partial charge in [-0.2, -0.15) is 5.06 Å². The van der Waals surface area contributed by atoms with Crippen molar-refractivity contribution in [3.63, 3.8) is 0 Å². The van der Waals surface area contributed by atoms with Gasteiger partial charge in [-0.05, 0) is 45.7 Å². The summed E-state index contributed by atoms with van der Waals surface area (Å²) in [4.78, 5) is 14.0. The first kappa shape index (κ1) is 19.9. The summed E-state index contributed by atoms with van der Waals surface area (Å²) in [6, 6.07) is 5.90. The fourth-order valence-corrected chi connectivity index (χ4v) is 4.74. The summed E-state index contributed by atoms with van der Waals surface area (Å²) < 4.78 is 14.0. The van der Waals surface area contributed by atoms with Crippen LogP contribution in [0.3, 0.4) is 0 Å². The Labute approximate surface area is 157 Å². The summed E-state index contributed by atoms with van der Waals surface area (Å²) in [6.07, 6.45) is -0.199. The van der Waals surface area contributed by atoms with Gasteiger partial charge in [-0.3, -0.25) is 5.21 Å². The fraction of sp³-hybridized carbons (Fsp3) is 0.529. The van der Waals surface area contributed by atoms with Crippen molar-refractivity contribution >= 4 is 34.3 Å². The quantitative estimate of drug-likeness (QED) is 0.461. The van der Waals surface area contributed by atoms with Gasteiger partial charge in [-0.25, -0.2) is 9.18 Å². The first-order chi connectivity index (χ1) is 11.6. The first-order valence-corrected chi connectivity index (χ1v) is 9.37. The zero-order valence-corrected chi connectivity index (χ0v) is 16.5. The SMILES string of the molecule is CC(C)NC(=O)N(O)[C@@H]1N(CCc2ccccc2F)C(=S)SC1(C)C. The minimum absolute atomic E-state index is 0.0989. The molecule has 0 saturated carbocycles. The second kappa shape index (κ2) is 7.88. The van der Waals surface area contributed by atoms with Crippen LogP contribution in [0.4, 0.5) is 9.18 Å². The van der Waals surface area contributed by atoms with E-state index in [4.69, 9.17) is 12.2 Å². The predicted molar refractivity (Wildman–Crippen MR) is 102 cm³/mol. The highest BCUT2D eigenvalue weighted by atomic mass is 32.2. The maximum absolute atomic E-state index is 13.9. The van der Waals surface area contributed by atoms with E-state index in [-0.39, 0.29) is 11.9 Å². The second-order valence-electron chi connectivity index (χ2n) is 6.83. The number of rotatable bonds is 5. The maximum atomic E-state index is 13.9. The van der Waals surface area contributed by atoms with Crippen LogP contribution in [0.15, 0.2) is 24.3 Å². The number of benzene rings is 1. The lowest BCUT2D eigenvalue weighted by atomic mass is 10.1. The standard InChI is InChI=1S/C17H24FN3O2S2/c1-11(2)19-15(22)21(23)14-17(3,4)25-16(24)20(14)10-9-12-7-5-6-8-13(12)18/h5-8,11,14,23H,9-10H2,1-4H3,(H,19,22)/t14-/m0/s1. The molecule has 25 heavy (non-hydrogen) atoms. The molecular weight excluding hydrogens is 361 g/mol. The molecule has 0 spiro atoms. The molecule has 1 fully saturated rings. The lowest BCUT2D eigenvalue weighted by Crippen LogP contribution is -2.57. The van der Waals surface area contributed by atoms with E-state index >= 15 is 0 Å². The molecular formula is C17H24FN3O2S2. The van der Waals surface area contributed by atoms with Crippen LogP contribution in [0.25, 0.3) is 0 Å². The van der Waals surface area contributed by atoms with Crippen molar-refractivity contribution in [2.45, 2.75) is 51.1 Å². The van der Waals surface area contributed by atoms with E-state index in [2.05, 4.69) is 5.32 Å². The molecule has 138 valence electrons. The van der Waals surface area contributed by atoms with Gasteiger partial charge in [0.1, 0.15) is 16.3 Å². The highest BCUT2D eigenvalue weighted by Crippen LogP contribution is 2.42. The number of amides is 2. The van der Waals surface area contributed by atoms with E-state index in [0.29, 0.717) is 27.9 Å². The van der Waals surface area contributed by atoms with Gasteiger partial charge >= 0.3 is 6.03 Å². The van der Waals surface area contributed by atoms with E-state index < -0.39 is 16.9 Å². The zero-order chi connectivity index (χ0) is 18.8. The lowest BCUT2D eigenvalue weighted by molar-refractivity contribution is -0.118. The third-order valence-electron chi connectivity index (χ3n) is 3.93. The first-order valence-electron chi connectivity index (χ1n) is 8.15. The Morgan fingerprint density at radius 1 is 1.48 bits per heavy atom. The van der Waals surface area contributed by atoms with Gasteiger partial charge in [0.05, 0.1) is 4.75 Å². The second-order valence-corrected chi connectivity index (χ2v) is 9.12. The monoisotopic (exact) mass is 385 g/mol. The van der Waals surface area contributed by atoms with Gasteiger partial charge in [-0.1, -0.05) is 42.2 Å². The topological polar surface area (TPSA) is 55.8 Å². The summed E-state index contributed by atoms with van der Waals surface area (Å²) >= 11 is 6.86. The number of thioether (sulfide) groups is 1. The number of nitrogens with zero attached hydrogens (tertiary/aromatic N) is 2. The molecule has 1 aromatic rings. The third-order valence-corrected chi connectivity index (χ3v) is 5.56. The molecule has 1 atom stereocenters. The number of halogens is 1. The Morgan fingerprint density at radius 3 is 2.72 bits per heavy atom. The summed E-state index contributed by atoms with van der Waals surface area (Å²) in [5.41, 5.74) is 0.579. The van der Waals surface area contributed by atoms with Crippen molar-refractivity contribution in [1.29, 1.82) is 0 Å². The van der Waals surface area contributed by atoms with E-state index in [9.17, 15) is 14.4 Å². The van der Waals surface area contributed by atoms with Gasteiger partial charge < -0.3 is 10.2 Å². The Hall–Kier alpha value is -1.38. The molecule has 2 N–H and O–H groups in total. The summed E-state index contributed by atoms with van der Waals surface area (Å²) in [7, 11) is 0. The van der Waals surface area contributed by atoms with Crippen molar-refractivity contribution < 1.29 is 14.4 Å². The third kappa shape index (κ3) is 4.62. The predicted octanol–water partition coefficient (Wildman–Crippen LogP) is 3.62. The highest BCUT2D eigenvalue weighted by molar-refractivity contribution is 8.24. The summed E-state index contributed by atoms with van der Waals surface area (Å²) in [6.45, 7) is 7.89. The van der Waals surface area contributed by atoms with E-state index in [0.717, 1.165) is 0 Å². The number of thiocarbonyl (C=S) groups is 1. The number of hydroxylamine groups is 2. The average molecular weight is 386 g/mol. The number of nitrogens with one attached hydrogen (secondary N) is 1. The Kier molecular flexibility index (Phi) is 6.29. The molecule has 1 aliphatic heterocycles. The largest absolute Gasteiger partial charge is 0.343 e. The molecule has 1 aliphatic rings. The number of hydrogen-bond donors (Lipinski definition) is 2. The summed E-state index contributed by atoms with van der Waals surface area (Å²) in [5.74, 6) is -0.269. The molecule has 0 bridgehead atoms. The van der Waals surface area contributed by atoms with Gasteiger partial charge in [-0.15, -0.1) is 0 Å². The number of hydrogen-bond acceptors (Lipinski definition) is 4. The Balaban J connectivity index is 2.17. The molecule has 1 heterocycles. The molecule has 5 nitrogen and oxygen atoms in total. The van der Waals surface area contributed by atoms with E-state index in [1.165, 1.54) is 17.8 Å². The van der Waals surface area contributed by atoms with Gasteiger partial charge in [0.15, 0.2) is 0 Å². The van der Waals surface area contributed by atoms with Crippen molar-refractivity contribution in [3.8, 4) is 0 Å². The van der Waals surface area contributed by atoms with E-state index in [1.807, 2.05) is 27.7 Å². The smallest absolute Gasteiger partial charge is 0.334 e. The minimum Gasteiger partial charge on any atom is -0.334 e. The Bertz CT molecular complexity index is 655. The molecule has 0 aliphatic carbocycles. The normalized spacial score (nSPS) is 19.4. The molecule has 1 saturated heterocycles. The maximum Gasteiger partial charge on any atom is 0.343 e. The molecule has 1 aromatic carbocycles. The van der Waals surface area contributed by atoms with Crippen LogP contribution in [0.1, 0.15) is 33.3 Å². The number of carbonyl (C=O) groups excluding carboxylic acids is 1. The van der Waals surface area contributed by atoms with Crippen LogP contribution in [0.5, 0.6) is 0 Å². The van der Waals surface area contributed by atoms with Crippen molar-refractivity contribution in [3.05, 3.63) is 35.6 Å². The number of urea groups is 1. The minimum atomic E-state index is -0.629. The fourth-order valence-electron chi connectivity index (χ4n) is 2.82. The molecule has 0 radical (unpaired) electrons. The van der Waals surface area contributed by atoms with Gasteiger partial charge in [0.2, 0.25) is 0 Å². The van der Waals surface area contributed by atoms with Crippen LogP contribution in [0.2, 0.25) is 0 Å². The molecule has 2 amide bonds. The average Bonchev–Trinajstić information content (AvgIpc) is 2.73. The van der Waals surface area contributed by atoms with Crippen molar-refractivity contribution in [2.75, 3.05) is 6.54 Å². The van der Waals surface area contributed by atoms with Crippen LogP contribution in [0, 0.1) is 5.82 Å². The molecule has 8 heteroatoms. The van der Waals surface area contributed by atoms with Crippen LogP contribution < -0.4 is 5.32 Å². The van der Waals surface area contributed by atoms with E-state index in [1.54, 1.807) is 23.1 Å². The van der Waals surface area contributed by atoms with Crippen LogP contribution >= 0.6 is 24.0 Å². The van der Waals surface area contributed by atoms with Crippen molar-refractivity contribution in [1.82, 2.24) is 15.3 Å². The number of carbonyl (C=O) groups is 1. The Morgan fingerprint density at radius 2 is 2.12 bits per heavy atom. The lowest BCUT2D eigenvalue weighted by Gasteiger charge is -2.37. The summed E-state index contributed by atoms with van der Waals surface area (Å²) in [5, 5.41) is 13.8. The zero-order valence-electron chi connectivity index (χ0n) is 14.8. The molecule has 2 rings (SSSR count). The molecule has 0 unspecified atom stereocenters. The van der Waals surface area contributed by atoms with Crippen LogP contribution in [-0.4, -0.2) is 49.0 Å². The van der Waals surface area contributed by atoms with Crippen molar-refractivity contribution in [2.24, 2.45) is 0 Å². The highest BCUT2D eigenvalue weighted by Gasteiger charge is 2.49. The van der Waals surface area contributed by atoms with Gasteiger partial charge in [0, 0.05) is 12.6 Å². The van der Waals surface area contributed by atoms with Crippen LogP contribution in [-0.2, 0) is 6.42 Å². The molecule has 0 aromatic heterocycles.